The Morgan fingerprint density at radius 3 is 2.80 bits per heavy atom. The molecule has 1 amide bonds. The van der Waals surface area contributed by atoms with Gasteiger partial charge in [-0.2, -0.15) is 0 Å². The van der Waals surface area contributed by atoms with E-state index in [0.717, 1.165) is 0 Å². The minimum atomic E-state index is -0.268. The third kappa shape index (κ3) is 3.15. The number of fused-ring (bicyclic) bond motifs is 1. The lowest BCUT2D eigenvalue weighted by molar-refractivity contribution is 0.102. The number of ether oxygens (including phenoxy) is 1. The Labute approximate surface area is 149 Å². The number of anilines is 1. The highest BCUT2D eigenvalue weighted by atomic mass is 32.1. The van der Waals surface area contributed by atoms with Crippen molar-refractivity contribution in [2.24, 2.45) is 0 Å². The van der Waals surface area contributed by atoms with Crippen molar-refractivity contribution >= 4 is 33.1 Å². The molecule has 3 aromatic rings. The van der Waals surface area contributed by atoms with Crippen LogP contribution in [0.25, 0.3) is 10.2 Å². The largest absolute Gasteiger partial charge is 0.492 e. The summed E-state index contributed by atoms with van der Waals surface area (Å²) in [7, 11) is 0. The first-order valence-corrected chi connectivity index (χ1v) is 8.90. The average Bonchev–Trinajstić information content (AvgIpc) is 2.95. The lowest BCUT2D eigenvalue weighted by Gasteiger charge is -2.10. The smallest absolute Gasteiger partial charge is 0.266 e. The lowest BCUT2D eigenvalue weighted by Crippen LogP contribution is -2.19. The predicted octanol–water partition coefficient (Wildman–Crippen LogP) is 3.44. The summed E-state index contributed by atoms with van der Waals surface area (Å²) in [5, 5.41) is 3.38. The van der Waals surface area contributed by atoms with E-state index < -0.39 is 0 Å². The van der Waals surface area contributed by atoms with Gasteiger partial charge in [0.1, 0.15) is 10.6 Å². The molecule has 2 aromatic heterocycles. The number of hydrogen-bond acceptors (Lipinski definition) is 5. The number of nitrogens with one attached hydrogen (secondary N) is 1. The summed E-state index contributed by atoms with van der Waals surface area (Å²) >= 11 is 1.23. The number of carbonyl (C=O) groups excluding carboxylic acids is 1. The van der Waals surface area contributed by atoms with Crippen LogP contribution in [0.2, 0.25) is 0 Å². The molecule has 130 valence electrons. The summed E-state index contributed by atoms with van der Waals surface area (Å²) in [6.07, 6.45) is 1.52. The van der Waals surface area contributed by atoms with Crippen LogP contribution in [0, 0.1) is 6.92 Å². The van der Waals surface area contributed by atoms with Gasteiger partial charge in [-0.15, -0.1) is 11.3 Å². The minimum absolute atomic E-state index is 0.116. The molecular weight excluding hydrogens is 338 g/mol. The molecular formula is C18H19N3O3S. The molecule has 0 radical (unpaired) electrons. The third-order valence-electron chi connectivity index (χ3n) is 3.90. The van der Waals surface area contributed by atoms with E-state index in [1.165, 1.54) is 22.2 Å². The molecule has 1 N–H and O–H groups in total. The average molecular weight is 357 g/mol. The highest BCUT2D eigenvalue weighted by Gasteiger charge is 2.20. The van der Waals surface area contributed by atoms with Crippen LogP contribution in [0.3, 0.4) is 0 Å². The van der Waals surface area contributed by atoms with Crippen molar-refractivity contribution in [1.29, 1.82) is 0 Å². The molecule has 0 bridgehead atoms. The van der Waals surface area contributed by atoms with E-state index in [9.17, 15) is 9.59 Å². The number of amides is 1. The van der Waals surface area contributed by atoms with Crippen molar-refractivity contribution in [1.82, 2.24) is 9.55 Å². The summed E-state index contributed by atoms with van der Waals surface area (Å²) < 4.78 is 7.07. The standard InChI is InChI=1S/C18H19N3O3S/c1-4-21-10-19-17-14(18(21)23)11(3)15(25-17)16(22)20-12-8-6-7-9-13(12)24-5-2/h6-10H,4-5H2,1-3H3,(H,20,22). The normalized spacial score (nSPS) is 10.8. The van der Waals surface area contributed by atoms with E-state index in [1.807, 2.05) is 26.0 Å². The second kappa shape index (κ2) is 7.06. The van der Waals surface area contributed by atoms with E-state index in [-0.39, 0.29) is 11.5 Å². The van der Waals surface area contributed by atoms with Crippen LogP contribution in [0.4, 0.5) is 5.69 Å². The van der Waals surface area contributed by atoms with Gasteiger partial charge in [-0.1, -0.05) is 12.1 Å². The van der Waals surface area contributed by atoms with Crippen molar-refractivity contribution in [3.05, 3.63) is 51.4 Å². The number of aryl methyl sites for hydroxylation is 2. The molecule has 7 heteroatoms. The van der Waals surface area contributed by atoms with E-state index >= 15 is 0 Å². The van der Waals surface area contributed by atoms with Crippen LogP contribution in [0.15, 0.2) is 35.4 Å². The molecule has 0 fully saturated rings. The molecule has 0 saturated carbocycles. The van der Waals surface area contributed by atoms with Gasteiger partial charge in [0.05, 0.1) is 28.9 Å². The Hall–Kier alpha value is -2.67. The number of thiophene rings is 1. The topological polar surface area (TPSA) is 73.2 Å². The molecule has 0 aliphatic rings. The van der Waals surface area contributed by atoms with Crippen molar-refractivity contribution in [3.8, 4) is 5.75 Å². The minimum Gasteiger partial charge on any atom is -0.492 e. The number of rotatable bonds is 5. The van der Waals surface area contributed by atoms with Crippen molar-refractivity contribution < 1.29 is 9.53 Å². The summed E-state index contributed by atoms with van der Waals surface area (Å²) in [6.45, 7) is 6.61. The molecule has 3 rings (SSSR count). The van der Waals surface area contributed by atoms with E-state index in [1.54, 1.807) is 19.1 Å². The fraction of sp³-hybridized carbons (Fsp3) is 0.278. The number of para-hydroxylation sites is 2. The van der Waals surface area contributed by atoms with Gasteiger partial charge in [0.15, 0.2) is 0 Å². The molecule has 6 nitrogen and oxygen atoms in total. The van der Waals surface area contributed by atoms with Gasteiger partial charge in [0.25, 0.3) is 11.5 Å². The monoisotopic (exact) mass is 357 g/mol. The van der Waals surface area contributed by atoms with E-state index in [4.69, 9.17) is 4.74 Å². The maximum absolute atomic E-state index is 12.7. The van der Waals surface area contributed by atoms with E-state index in [2.05, 4.69) is 10.3 Å². The Bertz CT molecular complexity index is 991. The number of benzene rings is 1. The first-order chi connectivity index (χ1) is 12.1. The van der Waals surface area contributed by atoms with Crippen LogP contribution in [0.5, 0.6) is 5.75 Å². The lowest BCUT2D eigenvalue weighted by atomic mass is 10.2. The highest BCUT2D eigenvalue weighted by Crippen LogP contribution is 2.29. The second-order valence-corrected chi connectivity index (χ2v) is 6.45. The zero-order valence-electron chi connectivity index (χ0n) is 14.3. The summed E-state index contributed by atoms with van der Waals surface area (Å²) in [6, 6.07) is 7.27. The number of hydrogen-bond donors (Lipinski definition) is 1. The maximum atomic E-state index is 12.7. The highest BCUT2D eigenvalue weighted by molar-refractivity contribution is 7.20. The Morgan fingerprint density at radius 2 is 2.08 bits per heavy atom. The fourth-order valence-corrected chi connectivity index (χ4v) is 3.67. The Balaban J connectivity index is 2.00. The molecule has 0 spiro atoms. The quantitative estimate of drug-likeness (QED) is 0.759. The molecule has 2 heterocycles. The molecule has 0 aliphatic heterocycles. The first-order valence-electron chi connectivity index (χ1n) is 8.08. The van der Waals surface area contributed by atoms with Gasteiger partial charge in [-0.25, -0.2) is 4.98 Å². The zero-order chi connectivity index (χ0) is 18.0. The third-order valence-corrected chi connectivity index (χ3v) is 5.10. The molecule has 0 atom stereocenters. The molecule has 0 aliphatic carbocycles. The van der Waals surface area contributed by atoms with Crippen molar-refractivity contribution in [2.75, 3.05) is 11.9 Å². The predicted molar refractivity (Wildman–Crippen MR) is 99.9 cm³/mol. The van der Waals surface area contributed by atoms with Gasteiger partial charge >= 0.3 is 0 Å². The number of carbonyl (C=O) groups is 1. The SMILES string of the molecule is CCOc1ccccc1NC(=O)c1sc2ncn(CC)c(=O)c2c1C. The van der Waals surface area contributed by atoms with Gasteiger partial charge < -0.3 is 10.1 Å². The number of aromatic nitrogens is 2. The van der Waals surface area contributed by atoms with E-state index in [0.29, 0.717) is 45.2 Å². The van der Waals surface area contributed by atoms with Crippen LogP contribution in [0.1, 0.15) is 29.1 Å². The number of nitrogens with zero attached hydrogens (tertiary/aromatic N) is 2. The maximum Gasteiger partial charge on any atom is 0.266 e. The van der Waals surface area contributed by atoms with Gasteiger partial charge in [0.2, 0.25) is 0 Å². The van der Waals surface area contributed by atoms with Crippen LogP contribution in [-0.2, 0) is 6.54 Å². The van der Waals surface area contributed by atoms with Crippen LogP contribution in [-0.4, -0.2) is 22.1 Å². The second-order valence-electron chi connectivity index (χ2n) is 5.46. The van der Waals surface area contributed by atoms with Gasteiger partial charge in [-0.3, -0.25) is 14.2 Å². The Morgan fingerprint density at radius 1 is 1.32 bits per heavy atom. The van der Waals surface area contributed by atoms with Gasteiger partial charge in [-0.05, 0) is 38.5 Å². The summed E-state index contributed by atoms with van der Waals surface area (Å²) in [5.41, 5.74) is 1.15. The van der Waals surface area contributed by atoms with Gasteiger partial charge in [0, 0.05) is 6.54 Å². The van der Waals surface area contributed by atoms with Crippen LogP contribution >= 0.6 is 11.3 Å². The molecule has 25 heavy (non-hydrogen) atoms. The summed E-state index contributed by atoms with van der Waals surface area (Å²) in [5.74, 6) is 0.346. The molecule has 1 aromatic carbocycles. The van der Waals surface area contributed by atoms with Crippen LogP contribution < -0.4 is 15.6 Å². The molecule has 0 unspecified atom stereocenters. The molecule has 0 saturated heterocycles. The zero-order valence-corrected chi connectivity index (χ0v) is 15.1. The van der Waals surface area contributed by atoms with Crippen molar-refractivity contribution in [3.63, 3.8) is 0 Å². The fourth-order valence-electron chi connectivity index (χ4n) is 2.63. The van der Waals surface area contributed by atoms with Crippen molar-refractivity contribution in [2.45, 2.75) is 27.3 Å². The Kier molecular flexibility index (Phi) is 4.85. The first kappa shape index (κ1) is 17.2. The summed E-state index contributed by atoms with van der Waals surface area (Å²) in [4.78, 5) is 30.6.